The third kappa shape index (κ3) is 4.61. The van der Waals surface area contributed by atoms with Crippen LogP contribution in [0, 0.1) is 0 Å². The predicted octanol–water partition coefficient (Wildman–Crippen LogP) is 3.76. The van der Waals surface area contributed by atoms with Crippen molar-refractivity contribution < 1.29 is 14.3 Å². The molecular formula is C16H14Cl2N2O3. The van der Waals surface area contributed by atoms with Crippen molar-refractivity contribution in [2.45, 2.75) is 13.0 Å². The zero-order chi connectivity index (χ0) is 17.0. The monoisotopic (exact) mass is 352 g/mol. The summed E-state index contributed by atoms with van der Waals surface area (Å²) >= 11 is 11.8. The van der Waals surface area contributed by atoms with Gasteiger partial charge in [-0.2, -0.15) is 0 Å². The van der Waals surface area contributed by atoms with Gasteiger partial charge in [-0.15, -0.1) is 0 Å². The molecule has 3 N–H and O–H groups in total. The highest BCUT2D eigenvalue weighted by molar-refractivity contribution is 6.36. The van der Waals surface area contributed by atoms with Gasteiger partial charge in [0.15, 0.2) is 6.10 Å². The van der Waals surface area contributed by atoms with Crippen LogP contribution in [0.15, 0.2) is 42.5 Å². The van der Waals surface area contributed by atoms with Gasteiger partial charge in [0.1, 0.15) is 0 Å². The summed E-state index contributed by atoms with van der Waals surface area (Å²) in [4.78, 5) is 24.0. The van der Waals surface area contributed by atoms with Gasteiger partial charge in [-0.3, -0.25) is 4.79 Å². The minimum absolute atomic E-state index is 0.294. The van der Waals surface area contributed by atoms with E-state index < -0.39 is 18.0 Å². The van der Waals surface area contributed by atoms with Crippen molar-refractivity contribution in [3.63, 3.8) is 0 Å². The number of rotatable bonds is 4. The van der Waals surface area contributed by atoms with Crippen molar-refractivity contribution >= 4 is 46.5 Å². The van der Waals surface area contributed by atoms with Gasteiger partial charge in [0.25, 0.3) is 5.91 Å². The van der Waals surface area contributed by atoms with E-state index >= 15 is 0 Å². The van der Waals surface area contributed by atoms with E-state index in [4.69, 9.17) is 33.7 Å². The molecule has 7 heteroatoms. The highest BCUT2D eigenvalue weighted by atomic mass is 35.5. The molecule has 0 saturated carbocycles. The lowest BCUT2D eigenvalue weighted by Gasteiger charge is -2.14. The molecule has 23 heavy (non-hydrogen) atoms. The molecule has 1 amide bonds. The first-order chi connectivity index (χ1) is 10.9. The number of nitrogen functional groups attached to an aromatic ring is 1. The van der Waals surface area contributed by atoms with Crippen LogP contribution >= 0.6 is 23.2 Å². The number of benzene rings is 2. The summed E-state index contributed by atoms with van der Waals surface area (Å²) < 4.78 is 5.11. The Labute approximate surface area is 143 Å². The number of nitrogens with one attached hydrogen (secondary N) is 1. The highest BCUT2D eigenvalue weighted by Crippen LogP contribution is 2.25. The quantitative estimate of drug-likeness (QED) is 0.648. The second-order valence-electron chi connectivity index (χ2n) is 4.78. The molecule has 5 nitrogen and oxygen atoms in total. The van der Waals surface area contributed by atoms with Crippen molar-refractivity contribution in [3.05, 3.63) is 58.1 Å². The van der Waals surface area contributed by atoms with E-state index in [2.05, 4.69) is 5.32 Å². The molecule has 0 heterocycles. The topological polar surface area (TPSA) is 81.4 Å². The summed E-state index contributed by atoms with van der Waals surface area (Å²) in [5.41, 5.74) is 6.78. The van der Waals surface area contributed by atoms with Gasteiger partial charge >= 0.3 is 5.97 Å². The van der Waals surface area contributed by atoms with E-state index in [0.717, 1.165) is 0 Å². The second-order valence-corrected chi connectivity index (χ2v) is 5.63. The molecule has 0 saturated heterocycles. The number of ether oxygens (including phenoxy) is 1. The normalized spacial score (nSPS) is 11.6. The van der Waals surface area contributed by atoms with Crippen LogP contribution in [0.25, 0.3) is 0 Å². The highest BCUT2D eigenvalue weighted by Gasteiger charge is 2.19. The Bertz CT molecular complexity index is 733. The van der Waals surface area contributed by atoms with E-state index in [1.165, 1.54) is 25.1 Å². The van der Waals surface area contributed by atoms with Gasteiger partial charge in [-0.25, -0.2) is 4.79 Å². The number of halogens is 2. The predicted molar refractivity (Wildman–Crippen MR) is 90.8 cm³/mol. The summed E-state index contributed by atoms with van der Waals surface area (Å²) in [5.74, 6) is -1.12. The lowest BCUT2D eigenvalue weighted by atomic mass is 10.2. The Morgan fingerprint density at radius 1 is 1.13 bits per heavy atom. The summed E-state index contributed by atoms with van der Waals surface area (Å²) in [6, 6.07) is 10.9. The fourth-order valence-electron chi connectivity index (χ4n) is 1.73. The van der Waals surface area contributed by atoms with Gasteiger partial charge in [0.2, 0.25) is 0 Å². The van der Waals surface area contributed by atoms with Gasteiger partial charge < -0.3 is 15.8 Å². The average Bonchev–Trinajstić information content (AvgIpc) is 2.50. The van der Waals surface area contributed by atoms with Crippen LogP contribution in [0.2, 0.25) is 10.0 Å². The van der Waals surface area contributed by atoms with Crippen molar-refractivity contribution in [1.82, 2.24) is 0 Å². The lowest BCUT2D eigenvalue weighted by molar-refractivity contribution is -0.123. The molecule has 2 aromatic carbocycles. The number of nitrogens with two attached hydrogens (primary N) is 1. The van der Waals surface area contributed by atoms with E-state index in [1.807, 2.05) is 0 Å². The third-order valence-corrected chi connectivity index (χ3v) is 3.54. The number of amides is 1. The van der Waals surface area contributed by atoms with Crippen LogP contribution in [0.1, 0.15) is 17.3 Å². The van der Waals surface area contributed by atoms with Gasteiger partial charge in [0.05, 0.1) is 16.3 Å². The smallest absolute Gasteiger partial charge is 0.338 e. The first-order valence-electron chi connectivity index (χ1n) is 6.69. The van der Waals surface area contributed by atoms with Crippen LogP contribution < -0.4 is 11.1 Å². The first kappa shape index (κ1) is 17.1. The molecule has 0 bridgehead atoms. The summed E-state index contributed by atoms with van der Waals surface area (Å²) in [6.07, 6.45) is -0.994. The van der Waals surface area contributed by atoms with E-state index in [1.54, 1.807) is 24.3 Å². The molecular weight excluding hydrogens is 339 g/mol. The Morgan fingerprint density at radius 3 is 2.39 bits per heavy atom. The second kappa shape index (κ2) is 7.35. The molecule has 0 aliphatic carbocycles. The van der Waals surface area contributed by atoms with Crippen LogP contribution in [0.5, 0.6) is 0 Å². The SMILES string of the molecule is CC(OC(=O)c1ccc(N)cc1)C(=O)Nc1ccc(Cl)cc1Cl. The van der Waals surface area contributed by atoms with E-state index in [-0.39, 0.29) is 0 Å². The van der Waals surface area contributed by atoms with Crippen molar-refractivity contribution in [2.75, 3.05) is 11.1 Å². The van der Waals surface area contributed by atoms with Crippen LogP contribution in [0.3, 0.4) is 0 Å². The molecule has 2 aromatic rings. The fraction of sp³-hybridized carbons (Fsp3) is 0.125. The van der Waals surface area contributed by atoms with Crippen molar-refractivity contribution in [2.24, 2.45) is 0 Å². The van der Waals surface area contributed by atoms with Crippen molar-refractivity contribution in [1.29, 1.82) is 0 Å². The Morgan fingerprint density at radius 2 is 1.78 bits per heavy atom. The number of hydrogen-bond donors (Lipinski definition) is 2. The summed E-state index contributed by atoms with van der Waals surface area (Å²) in [6.45, 7) is 1.47. The molecule has 120 valence electrons. The summed E-state index contributed by atoms with van der Waals surface area (Å²) in [7, 11) is 0. The molecule has 0 radical (unpaired) electrons. The van der Waals surface area contributed by atoms with Crippen LogP contribution in [-0.4, -0.2) is 18.0 Å². The maximum absolute atomic E-state index is 12.1. The number of carbonyl (C=O) groups excluding carboxylic acids is 2. The van der Waals surface area contributed by atoms with Gasteiger partial charge in [0, 0.05) is 10.7 Å². The molecule has 0 aliphatic rings. The van der Waals surface area contributed by atoms with E-state index in [0.29, 0.717) is 27.0 Å². The Kier molecular flexibility index (Phi) is 5.47. The average molecular weight is 353 g/mol. The lowest BCUT2D eigenvalue weighted by Crippen LogP contribution is -2.30. The molecule has 0 aromatic heterocycles. The maximum atomic E-state index is 12.1. The zero-order valence-corrected chi connectivity index (χ0v) is 13.7. The fourth-order valence-corrected chi connectivity index (χ4v) is 2.18. The molecule has 0 spiro atoms. The van der Waals surface area contributed by atoms with Crippen LogP contribution in [-0.2, 0) is 9.53 Å². The first-order valence-corrected chi connectivity index (χ1v) is 7.45. The third-order valence-electron chi connectivity index (χ3n) is 2.99. The van der Waals surface area contributed by atoms with Gasteiger partial charge in [-0.05, 0) is 49.4 Å². The minimum Gasteiger partial charge on any atom is -0.449 e. The van der Waals surface area contributed by atoms with Crippen molar-refractivity contribution in [3.8, 4) is 0 Å². The Balaban J connectivity index is 1.99. The molecule has 2 rings (SSSR count). The molecule has 0 aliphatic heterocycles. The molecule has 0 fully saturated rings. The Hall–Kier alpha value is -2.24. The molecule has 1 atom stereocenters. The van der Waals surface area contributed by atoms with Gasteiger partial charge in [-0.1, -0.05) is 23.2 Å². The number of anilines is 2. The summed E-state index contributed by atoms with van der Waals surface area (Å²) in [5, 5.41) is 3.33. The molecule has 1 unspecified atom stereocenters. The number of carbonyl (C=O) groups is 2. The number of esters is 1. The maximum Gasteiger partial charge on any atom is 0.338 e. The largest absolute Gasteiger partial charge is 0.449 e. The minimum atomic E-state index is -0.994. The van der Waals surface area contributed by atoms with Crippen LogP contribution in [0.4, 0.5) is 11.4 Å². The van der Waals surface area contributed by atoms with E-state index in [9.17, 15) is 9.59 Å². The standard InChI is InChI=1S/C16H14Cl2N2O3/c1-9(23-16(22)10-2-5-12(19)6-3-10)15(21)20-14-7-4-11(17)8-13(14)18/h2-9H,19H2,1H3,(H,20,21). The zero-order valence-electron chi connectivity index (χ0n) is 12.2. The number of hydrogen-bond acceptors (Lipinski definition) is 4.